The van der Waals surface area contributed by atoms with E-state index in [2.05, 4.69) is 19.9 Å². The van der Waals surface area contributed by atoms with Crippen LogP contribution < -0.4 is 9.88 Å². The second-order valence-electron chi connectivity index (χ2n) is 9.15. The Morgan fingerprint density at radius 3 is 2.09 bits per heavy atom. The lowest BCUT2D eigenvalue weighted by molar-refractivity contribution is -0.134. The Morgan fingerprint density at radius 1 is 1.15 bits per heavy atom. The van der Waals surface area contributed by atoms with Gasteiger partial charge < -0.3 is 14.9 Å². The smallest absolute Gasteiger partial charge is 0.300 e. The molecule has 9 heteroatoms. The summed E-state index contributed by atoms with van der Waals surface area (Å²) in [6, 6.07) is 9.54. The molecule has 7 nitrogen and oxygen atoms in total. The lowest BCUT2D eigenvalue weighted by Crippen LogP contribution is -2.32. The maximum absolute atomic E-state index is 11.7. The molecule has 0 spiro atoms. The van der Waals surface area contributed by atoms with Gasteiger partial charge in [-0.15, -0.1) is 11.3 Å². The Kier molecular flexibility index (Phi) is 10.1. The van der Waals surface area contributed by atoms with E-state index in [1.165, 1.54) is 11.3 Å². The van der Waals surface area contributed by atoms with Gasteiger partial charge in [0.25, 0.3) is 5.97 Å². The van der Waals surface area contributed by atoms with E-state index in [-0.39, 0.29) is 21.6 Å². The van der Waals surface area contributed by atoms with Crippen molar-refractivity contribution in [3.05, 3.63) is 46.3 Å². The molecule has 1 atom stereocenters. The van der Waals surface area contributed by atoms with Crippen LogP contribution in [-0.2, 0) is 20.2 Å². The van der Waals surface area contributed by atoms with Crippen LogP contribution in [0.3, 0.4) is 0 Å². The summed E-state index contributed by atoms with van der Waals surface area (Å²) in [5.74, 6) is -0.0884. The van der Waals surface area contributed by atoms with Crippen molar-refractivity contribution in [3.8, 4) is 5.75 Å². The zero-order valence-electron chi connectivity index (χ0n) is 20.5. The highest BCUT2D eigenvalue weighted by Gasteiger charge is 2.33. The van der Waals surface area contributed by atoms with Gasteiger partial charge in [-0.05, 0) is 54.5 Å². The Hall–Kier alpha value is -1.94. The fraction of sp³-hybridized carbons (Fsp3) is 0.542. The van der Waals surface area contributed by atoms with E-state index >= 15 is 0 Å². The van der Waals surface area contributed by atoms with Crippen molar-refractivity contribution in [2.75, 3.05) is 6.61 Å². The first kappa shape index (κ1) is 29.1. The predicted octanol–water partition coefficient (Wildman–Crippen LogP) is 4.69. The minimum Gasteiger partial charge on any atom is -0.491 e. The number of nitrogens with two attached hydrogens (primary N) is 1. The monoisotopic (exact) mass is 499 g/mol. The fourth-order valence-electron chi connectivity index (χ4n) is 3.41. The number of rotatable bonds is 8. The van der Waals surface area contributed by atoms with Crippen molar-refractivity contribution in [1.29, 1.82) is 0 Å². The van der Waals surface area contributed by atoms with E-state index in [1.54, 1.807) is 6.07 Å². The molecule has 33 heavy (non-hydrogen) atoms. The molecule has 0 aliphatic carbocycles. The van der Waals surface area contributed by atoms with E-state index in [4.69, 9.17) is 19.8 Å². The minimum atomic E-state index is -3.71. The first-order valence-electron chi connectivity index (χ1n) is 10.8. The molecular formula is C24H37NO6S2. The van der Waals surface area contributed by atoms with Gasteiger partial charge in [0.05, 0.1) is 6.10 Å². The van der Waals surface area contributed by atoms with Crippen LogP contribution in [0.15, 0.2) is 34.5 Å². The number of ether oxygens (including phenoxy) is 1. The summed E-state index contributed by atoms with van der Waals surface area (Å²) in [5.41, 5.74) is 1.57. The molecule has 4 N–H and O–H groups in total. The van der Waals surface area contributed by atoms with Gasteiger partial charge in [0, 0.05) is 17.2 Å². The number of benzene rings is 1. The topological polar surface area (TPSA) is 127 Å². The number of sulfonamides is 1. The van der Waals surface area contributed by atoms with E-state index in [0.29, 0.717) is 0 Å². The molecule has 0 amide bonds. The minimum absolute atomic E-state index is 0.187. The third-order valence-corrected chi connectivity index (χ3v) is 8.39. The molecule has 186 valence electrons. The molecule has 0 fully saturated rings. The standard InChI is InChI=1S/C22H33NO4S2.C2H4O2/c1-7-22(8-2,19-11-12-20(28-19)29(23,25)26)16-9-10-17(15(3)13-16)27-14-18(24)21(4,5)6;1-2(3)4/h9-13,18,24H,7-8,14H2,1-6H3,(H2,23,25,26);1H3,(H,3,4). The molecule has 2 rings (SSSR count). The zero-order valence-corrected chi connectivity index (χ0v) is 22.1. The molecule has 1 unspecified atom stereocenters. The Balaban J connectivity index is 0.00000125. The van der Waals surface area contributed by atoms with Crippen LogP contribution in [0.25, 0.3) is 0 Å². The molecule has 0 aliphatic heterocycles. The van der Waals surface area contributed by atoms with Crippen LogP contribution in [-0.4, -0.2) is 37.3 Å². The number of carboxylic acid groups (broad SMARTS) is 1. The summed E-state index contributed by atoms with van der Waals surface area (Å²) < 4.78 is 29.5. The fourth-order valence-corrected chi connectivity index (χ4v) is 5.49. The highest BCUT2D eigenvalue weighted by atomic mass is 32.2. The third kappa shape index (κ3) is 7.81. The van der Waals surface area contributed by atoms with E-state index < -0.39 is 22.1 Å². The van der Waals surface area contributed by atoms with Crippen LogP contribution in [0.4, 0.5) is 0 Å². The molecule has 0 saturated heterocycles. The molecule has 0 saturated carbocycles. The number of aliphatic carboxylic acids is 1. The average Bonchev–Trinajstić information content (AvgIpc) is 3.18. The normalized spacial score (nSPS) is 13.1. The third-order valence-electron chi connectivity index (χ3n) is 5.66. The van der Waals surface area contributed by atoms with Gasteiger partial charge in [-0.25, -0.2) is 13.6 Å². The molecule has 1 aromatic carbocycles. The number of hydrogen-bond acceptors (Lipinski definition) is 6. The largest absolute Gasteiger partial charge is 0.491 e. The molecule has 1 heterocycles. The molecule has 0 radical (unpaired) electrons. The summed E-state index contributed by atoms with van der Waals surface area (Å²) >= 11 is 1.24. The van der Waals surface area contributed by atoms with Gasteiger partial charge in [-0.3, -0.25) is 4.79 Å². The molecule has 0 aliphatic rings. The number of aliphatic hydroxyl groups is 1. The predicted molar refractivity (Wildman–Crippen MR) is 132 cm³/mol. The quantitative estimate of drug-likeness (QED) is 0.484. The van der Waals surface area contributed by atoms with Gasteiger partial charge in [0.15, 0.2) is 0 Å². The Labute approximate surface area is 201 Å². The van der Waals surface area contributed by atoms with Crippen molar-refractivity contribution in [2.24, 2.45) is 10.6 Å². The maximum atomic E-state index is 11.7. The van der Waals surface area contributed by atoms with Gasteiger partial charge in [-0.1, -0.05) is 46.8 Å². The van der Waals surface area contributed by atoms with Crippen molar-refractivity contribution in [1.82, 2.24) is 0 Å². The van der Waals surface area contributed by atoms with Crippen molar-refractivity contribution in [2.45, 2.75) is 77.0 Å². The summed E-state index contributed by atoms with van der Waals surface area (Å²) in [6.45, 7) is 13.5. The molecular weight excluding hydrogens is 462 g/mol. The van der Waals surface area contributed by atoms with E-state index in [9.17, 15) is 13.5 Å². The summed E-state index contributed by atoms with van der Waals surface area (Å²) in [5, 5.41) is 23.0. The number of primary sulfonamides is 1. The highest BCUT2D eigenvalue weighted by molar-refractivity contribution is 7.91. The number of hydrogen-bond donors (Lipinski definition) is 3. The molecule has 0 bridgehead atoms. The first-order chi connectivity index (χ1) is 15.1. The van der Waals surface area contributed by atoms with Gasteiger partial charge in [-0.2, -0.15) is 0 Å². The van der Waals surface area contributed by atoms with Gasteiger partial charge in [0.1, 0.15) is 16.6 Å². The number of carboxylic acids is 1. The van der Waals surface area contributed by atoms with Crippen LogP contribution in [0.1, 0.15) is 70.4 Å². The van der Waals surface area contributed by atoms with Gasteiger partial charge >= 0.3 is 0 Å². The van der Waals surface area contributed by atoms with Crippen molar-refractivity contribution >= 4 is 27.3 Å². The van der Waals surface area contributed by atoms with Crippen LogP contribution >= 0.6 is 11.3 Å². The average molecular weight is 500 g/mol. The number of aliphatic hydroxyl groups excluding tert-OH is 1. The lowest BCUT2D eigenvalue weighted by atomic mass is 9.74. The maximum Gasteiger partial charge on any atom is 0.300 e. The number of thiophene rings is 1. The Bertz CT molecular complexity index is 1030. The number of aryl methyl sites for hydroxylation is 1. The summed E-state index contributed by atoms with van der Waals surface area (Å²) in [4.78, 5) is 9.99. The zero-order chi connectivity index (χ0) is 25.6. The lowest BCUT2D eigenvalue weighted by Gasteiger charge is -2.32. The first-order valence-corrected chi connectivity index (χ1v) is 13.2. The SMILES string of the molecule is CC(=O)O.CCC(CC)(c1ccc(OCC(O)C(C)(C)C)c(C)c1)c1ccc(S(N)(=O)=O)s1. The molecule has 2 aromatic rings. The van der Waals surface area contributed by atoms with Crippen molar-refractivity contribution < 1.29 is 28.2 Å². The number of carbonyl (C=O) groups is 1. The van der Waals surface area contributed by atoms with Gasteiger partial charge in [0.2, 0.25) is 10.0 Å². The van der Waals surface area contributed by atoms with Crippen LogP contribution in [0, 0.1) is 12.3 Å². The van der Waals surface area contributed by atoms with Crippen molar-refractivity contribution in [3.63, 3.8) is 0 Å². The second-order valence-corrected chi connectivity index (χ2v) is 12.0. The summed E-state index contributed by atoms with van der Waals surface area (Å²) in [6.07, 6.45) is 1.10. The second kappa shape index (κ2) is 11.5. The van der Waals surface area contributed by atoms with E-state index in [0.717, 1.165) is 41.5 Å². The van der Waals surface area contributed by atoms with Crippen LogP contribution in [0.2, 0.25) is 0 Å². The Morgan fingerprint density at radius 2 is 1.70 bits per heavy atom. The van der Waals surface area contributed by atoms with Crippen LogP contribution in [0.5, 0.6) is 5.75 Å². The molecule has 1 aromatic heterocycles. The summed E-state index contributed by atoms with van der Waals surface area (Å²) in [7, 11) is -3.71. The van der Waals surface area contributed by atoms with E-state index in [1.807, 2.05) is 45.9 Å². The highest BCUT2D eigenvalue weighted by Crippen LogP contribution is 2.43.